The number of likely N-dealkylation sites (tertiary alicyclic amines) is 1. The molecule has 1 aliphatic rings. The summed E-state index contributed by atoms with van der Waals surface area (Å²) < 4.78 is 39.1. The van der Waals surface area contributed by atoms with Gasteiger partial charge in [0, 0.05) is 20.0 Å². The molecule has 1 unspecified atom stereocenters. The molecule has 1 aliphatic heterocycles. The number of nitrogens with zero attached hydrogens (tertiary/aromatic N) is 1. The summed E-state index contributed by atoms with van der Waals surface area (Å²) in [5.41, 5.74) is 0.636. The van der Waals surface area contributed by atoms with Crippen LogP contribution in [0.25, 0.3) is 0 Å². The van der Waals surface area contributed by atoms with Crippen molar-refractivity contribution in [1.82, 2.24) is 10.2 Å². The first-order valence-corrected chi connectivity index (χ1v) is 7.99. The minimum atomic E-state index is -4.70. The van der Waals surface area contributed by atoms with Crippen LogP contribution in [0, 0.1) is 11.8 Å². The number of amides is 2. The number of alkyl halides is 3. The molecule has 1 fully saturated rings. The van der Waals surface area contributed by atoms with E-state index in [9.17, 15) is 27.6 Å². The van der Waals surface area contributed by atoms with Crippen LogP contribution >= 0.6 is 0 Å². The Labute approximate surface area is 148 Å². The summed E-state index contributed by atoms with van der Waals surface area (Å²) in [5.74, 6) is -6.38. The average molecular weight is 372 g/mol. The minimum Gasteiger partial charge on any atom is -0.481 e. The van der Waals surface area contributed by atoms with Gasteiger partial charge in [0.1, 0.15) is 0 Å². The number of carboxylic acids is 1. The Morgan fingerprint density at radius 3 is 2.31 bits per heavy atom. The summed E-state index contributed by atoms with van der Waals surface area (Å²) in [4.78, 5) is 35.9. The van der Waals surface area contributed by atoms with Gasteiger partial charge < -0.3 is 15.3 Å². The Kier molecular flexibility index (Phi) is 5.89. The van der Waals surface area contributed by atoms with Gasteiger partial charge in [-0.15, -0.1) is 0 Å². The smallest absolute Gasteiger partial charge is 0.394 e. The Morgan fingerprint density at radius 2 is 1.85 bits per heavy atom. The van der Waals surface area contributed by atoms with Crippen LogP contribution in [0.5, 0.6) is 0 Å². The monoisotopic (exact) mass is 372 g/mol. The van der Waals surface area contributed by atoms with Crippen LogP contribution in [0.1, 0.15) is 24.9 Å². The van der Waals surface area contributed by atoms with E-state index < -0.39 is 49.0 Å². The van der Waals surface area contributed by atoms with Crippen molar-refractivity contribution in [3.8, 4) is 0 Å². The largest absolute Gasteiger partial charge is 0.481 e. The predicted octanol–water partition coefficient (Wildman–Crippen LogP) is 1.98. The Balaban J connectivity index is 2.14. The third-order valence-electron chi connectivity index (χ3n) is 4.37. The van der Waals surface area contributed by atoms with E-state index in [2.05, 4.69) is 5.32 Å². The fourth-order valence-electron chi connectivity index (χ4n) is 3.08. The highest BCUT2D eigenvalue weighted by molar-refractivity contribution is 5.81. The predicted molar refractivity (Wildman–Crippen MR) is 84.9 cm³/mol. The molecule has 0 aliphatic carbocycles. The van der Waals surface area contributed by atoms with Crippen molar-refractivity contribution >= 4 is 17.8 Å². The van der Waals surface area contributed by atoms with Crippen molar-refractivity contribution < 1.29 is 32.7 Å². The number of carboxylic acid groups (broad SMARTS) is 1. The molecule has 142 valence electrons. The highest BCUT2D eigenvalue weighted by atomic mass is 19.4. The van der Waals surface area contributed by atoms with E-state index >= 15 is 0 Å². The minimum absolute atomic E-state index is 0.249. The van der Waals surface area contributed by atoms with Gasteiger partial charge in [-0.05, 0) is 5.56 Å². The number of aliphatic carboxylic acids is 1. The van der Waals surface area contributed by atoms with Crippen LogP contribution in [0.15, 0.2) is 30.3 Å². The van der Waals surface area contributed by atoms with Crippen molar-refractivity contribution in [2.45, 2.75) is 25.6 Å². The zero-order valence-corrected chi connectivity index (χ0v) is 14.0. The molecule has 2 N–H and O–H groups in total. The van der Waals surface area contributed by atoms with Crippen molar-refractivity contribution in [1.29, 1.82) is 0 Å². The normalized spacial score (nSPS) is 21.3. The third kappa shape index (κ3) is 4.74. The second-order valence-electron chi connectivity index (χ2n) is 6.26. The van der Waals surface area contributed by atoms with Crippen LogP contribution in [0.3, 0.4) is 0 Å². The lowest BCUT2D eigenvalue weighted by Gasteiger charge is -2.22. The molecule has 6 nitrogen and oxygen atoms in total. The molecule has 9 heteroatoms. The lowest BCUT2D eigenvalue weighted by molar-refractivity contribution is -0.188. The quantitative estimate of drug-likeness (QED) is 0.828. The third-order valence-corrected chi connectivity index (χ3v) is 4.37. The molecular formula is C17H19F3N2O4. The van der Waals surface area contributed by atoms with Crippen LogP contribution in [-0.2, 0) is 14.4 Å². The zero-order chi connectivity index (χ0) is 19.5. The van der Waals surface area contributed by atoms with Gasteiger partial charge in [0.15, 0.2) is 0 Å². The van der Waals surface area contributed by atoms with Gasteiger partial charge in [0.05, 0.1) is 24.3 Å². The number of nitrogens with one attached hydrogen (secondary N) is 1. The highest BCUT2D eigenvalue weighted by Gasteiger charge is 2.53. The number of halogens is 3. The SMILES string of the molecule is CC(=O)NC(CC(=O)N1C[C@@H](C(F)(F)F)[C@H](C(=O)O)C1)c1ccccc1. The van der Waals surface area contributed by atoms with Crippen LogP contribution < -0.4 is 5.32 Å². The van der Waals surface area contributed by atoms with E-state index in [-0.39, 0.29) is 12.3 Å². The summed E-state index contributed by atoms with van der Waals surface area (Å²) in [5, 5.41) is 11.6. The maximum absolute atomic E-state index is 13.0. The first-order valence-electron chi connectivity index (χ1n) is 7.99. The standard InChI is InChI=1S/C17H19F3N2O4/c1-10(23)21-14(11-5-3-2-4-6-11)7-15(24)22-8-12(16(25)26)13(9-22)17(18,19)20/h2-6,12-14H,7-9H2,1H3,(H,21,23)(H,25,26)/t12-,13-,14?/m1/s1. The molecule has 2 amide bonds. The van der Waals surface area contributed by atoms with E-state index in [1.807, 2.05) is 0 Å². The first-order chi connectivity index (χ1) is 12.1. The Morgan fingerprint density at radius 1 is 1.23 bits per heavy atom. The fourth-order valence-corrected chi connectivity index (χ4v) is 3.08. The zero-order valence-electron chi connectivity index (χ0n) is 14.0. The molecule has 1 aromatic carbocycles. The summed E-state index contributed by atoms with van der Waals surface area (Å²) in [6.45, 7) is 0.0806. The van der Waals surface area contributed by atoms with Gasteiger partial charge in [-0.25, -0.2) is 0 Å². The van der Waals surface area contributed by atoms with Crippen molar-refractivity contribution in [3.05, 3.63) is 35.9 Å². The van der Waals surface area contributed by atoms with E-state index in [4.69, 9.17) is 5.11 Å². The highest BCUT2D eigenvalue weighted by Crippen LogP contribution is 2.38. The summed E-state index contributed by atoms with van der Waals surface area (Å²) in [7, 11) is 0. The number of hydrogen-bond donors (Lipinski definition) is 2. The Hall–Kier alpha value is -2.58. The van der Waals surface area contributed by atoms with E-state index in [0.717, 1.165) is 4.90 Å². The molecule has 0 bridgehead atoms. The van der Waals surface area contributed by atoms with Gasteiger partial charge in [-0.2, -0.15) is 13.2 Å². The number of carbonyl (C=O) groups is 3. The topological polar surface area (TPSA) is 86.7 Å². The summed E-state index contributed by atoms with van der Waals surface area (Å²) in [6, 6.07) is 7.86. The Bertz CT molecular complexity index is 678. The fraction of sp³-hybridized carbons (Fsp3) is 0.471. The first kappa shape index (κ1) is 19.7. The van der Waals surface area contributed by atoms with Crippen molar-refractivity contribution in [2.24, 2.45) is 11.8 Å². The van der Waals surface area contributed by atoms with Gasteiger partial charge >= 0.3 is 12.1 Å². The maximum atomic E-state index is 13.0. The molecule has 0 spiro atoms. The van der Waals surface area contributed by atoms with E-state index in [1.165, 1.54) is 6.92 Å². The van der Waals surface area contributed by atoms with Gasteiger partial charge in [-0.3, -0.25) is 14.4 Å². The maximum Gasteiger partial charge on any atom is 0.394 e. The van der Waals surface area contributed by atoms with Crippen molar-refractivity contribution in [2.75, 3.05) is 13.1 Å². The second kappa shape index (κ2) is 7.76. The molecule has 0 radical (unpaired) electrons. The molecule has 0 aromatic heterocycles. The van der Waals surface area contributed by atoms with Crippen molar-refractivity contribution in [3.63, 3.8) is 0 Å². The van der Waals surface area contributed by atoms with Gasteiger partial charge in [0.2, 0.25) is 11.8 Å². The van der Waals surface area contributed by atoms with Crippen LogP contribution in [0.2, 0.25) is 0 Å². The number of rotatable bonds is 5. The molecule has 2 rings (SSSR count). The molecule has 1 saturated heterocycles. The molecule has 0 saturated carbocycles. The van der Waals surface area contributed by atoms with Gasteiger partial charge in [-0.1, -0.05) is 30.3 Å². The number of hydrogen-bond acceptors (Lipinski definition) is 3. The van der Waals surface area contributed by atoms with Gasteiger partial charge in [0.25, 0.3) is 0 Å². The average Bonchev–Trinajstić information content (AvgIpc) is 3.00. The summed E-state index contributed by atoms with van der Waals surface area (Å²) >= 11 is 0. The molecule has 1 heterocycles. The van der Waals surface area contributed by atoms with Crippen LogP contribution in [0.4, 0.5) is 13.2 Å². The number of benzene rings is 1. The van der Waals surface area contributed by atoms with E-state index in [0.29, 0.717) is 5.56 Å². The second-order valence-corrected chi connectivity index (χ2v) is 6.26. The number of carbonyl (C=O) groups excluding carboxylic acids is 2. The van der Waals surface area contributed by atoms with Crippen LogP contribution in [-0.4, -0.2) is 47.1 Å². The molecule has 26 heavy (non-hydrogen) atoms. The molecular weight excluding hydrogens is 353 g/mol. The lowest BCUT2D eigenvalue weighted by atomic mass is 9.96. The lowest BCUT2D eigenvalue weighted by Crippen LogP contribution is -2.36. The molecule has 1 aromatic rings. The summed E-state index contributed by atoms with van der Waals surface area (Å²) in [6.07, 6.45) is -4.95. The van der Waals surface area contributed by atoms with E-state index in [1.54, 1.807) is 30.3 Å². The molecule has 3 atom stereocenters.